The van der Waals surface area contributed by atoms with Crippen molar-refractivity contribution in [3.05, 3.63) is 70.7 Å². The molecule has 2 aromatic rings. The van der Waals surface area contributed by atoms with Crippen molar-refractivity contribution in [1.82, 2.24) is 0 Å². The van der Waals surface area contributed by atoms with Gasteiger partial charge >= 0.3 is 12.1 Å². The Balaban J connectivity index is 2.05. The van der Waals surface area contributed by atoms with E-state index in [1.165, 1.54) is 7.11 Å². The lowest BCUT2D eigenvalue weighted by Crippen LogP contribution is -2.20. The standard InChI is InChI=1S/C18H16ClNO4/c1-23-17(21)16(11-13-7-9-15(19)10-8-13)20-18(22)24-12-14-5-3-2-4-6-14/h2-10H,11-12H2,1H3. The average molecular weight is 346 g/mol. The minimum Gasteiger partial charge on any atom is -0.465 e. The van der Waals surface area contributed by atoms with Crippen molar-refractivity contribution in [2.24, 2.45) is 4.99 Å². The summed E-state index contributed by atoms with van der Waals surface area (Å²) in [4.78, 5) is 27.4. The number of carbonyl (C=O) groups excluding carboxylic acids is 2. The van der Waals surface area contributed by atoms with Gasteiger partial charge in [-0.1, -0.05) is 54.1 Å². The number of hydrogen-bond donors (Lipinski definition) is 0. The Hall–Kier alpha value is -2.66. The molecule has 0 aliphatic rings. The van der Waals surface area contributed by atoms with Crippen LogP contribution in [0.3, 0.4) is 0 Å². The number of esters is 1. The molecule has 0 bridgehead atoms. The number of benzene rings is 2. The molecule has 0 fully saturated rings. The Morgan fingerprint density at radius 3 is 2.29 bits per heavy atom. The zero-order valence-electron chi connectivity index (χ0n) is 13.1. The molecular formula is C18H16ClNO4. The molecule has 0 aromatic heterocycles. The van der Waals surface area contributed by atoms with Crippen LogP contribution in [-0.2, 0) is 27.3 Å². The van der Waals surface area contributed by atoms with Gasteiger partial charge in [0.15, 0.2) is 0 Å². The largest absolute Gasteiger partial charge is 0.465 e. The molecule has 2 aromatic carbocycles. The zero-order chi connectivity index (χ0) is 17.4. The first-order valence-electron chi connectivity index (χ1n) is 7.19. The third-order valence-electron chi connectivity index (χ3n) is 3.14. The summed E-state index contributed by atoms with van der Waals surface area (Å²) in [6, 6.07) is 16.1. The van der Waals surface area contributed by atoms with Gasteiger partial charge in [0.2, 0.25) is 0 Å². The van der Waals surface area contributed by atoms with E-state index < -0.39 is 12.1 Å². The number of amides is 1. The average Bonchev–Trinajstić information content (AvgIpc) is 2.61. The highest BCUT2D eigenvalue weighted by Crippen LogP contribution is 2.11. The SMILES string of the molecule is COC(=O)C(Cc1ccc(Cl)cc1)=NC(=O)OCc1ccccc1. The summed E-state index contributed by atoms with van der Waals surface area (Å²) in [6.45, 7) is 0.0819. The highest BCUT2D eigenvalue weighted by molar-refractivity contribution is 6.38. The van der Waals surface area contributed by atoms with Crippen LogP contribution in [0.4, 0.5) is 4.79 Å². The van der Waals surface area contributed by atoms with Crippen LogP contribution < -0.4 is 0 Å². The Kier molecular flexibility index (Phi) is 6.51. The van der Waals surface area contributed by atoms with Gasteiger partial charge in [0.25, 0.3) is 0 Å². The maximum atomic E-state index is 11.9. The molecule has 0 unspecified atom stereocenters. The fraction of sp³-hybridized carbons (Fsp3) is 0.167. The molecule has 6 heteroatoms. The smallest absolute Gasteiger partial charge is 0.434 e. The van der Waals surface area contributed by atoms with Crippen LogP contribution in [0, 0.1) is 0 Å². The molecule has 124 valence electrons. The minimum absolute atomic E-state index is 0.0297. The predicted molar refractivity (Wildman–Crippen MR) is 91.2 cm³/mol. The maximum Gasteiger partial charge on any atom is 0.434 e. The van der Waals surface area contributed by atoms with E-state index in [1.807, 2.05) is 30.3 Å². The van der Waals surface area contributed by atoms with Crippen LogP contribution >= 0.6 is 11.6 Å². The highest BCUT2D eigenvalue weighted by Gasteiger charge is 2.15. The van der Waals surface area contributed by atoms with Crippen LogP contribution in [0.1, 0.15) is 11.1 Å². The summed E-state index contributed by atoms with van der Waals surface area (Å²) < 4.78 is 9.72. The number of nitrogens with zero attached hydrogens (tertiary/aromatic N) is 1. The Morgan fingerprint density at radius 1 is 1.00 bits per heavy atom. The van der Waals surface area contributed by atoms with Gasteiger partial charge in [-0.25, -0.2) is 9.59 Å². The quantitative estimate of drug-likeness (QED) is 0.610. The first-order valence-corrected chi connectivity index (χ1v) is 7.57. The van der Waals surface area contributed by atoms with Crippen molar-refractivity contribution in [1.29, 1.82) is 0 Å². The number of ether oxygens (including phenoxy) is 2. The first-order chi connectivity index (χ1) is 11.6. The fourth-order valence-corrected chi connectivity index (χ4v) is 2.06. The van der Waals surface area contributed by atoms with E-state index in [9.17, 15) is 9.59 Å². The highest BCUT2D eigenvalue weighted by atomic mass is 35.5. The third kappa shape index (κ3) is 5.52. The lowest BCUT2D eigenvalue weighted by atomic mass is 10.1. The van der Waals surface area contributed by atoms with Gasteiger partial charge in [0, 0.05) is 11.4 Å². The Labute approximate surface area is 144 Å². The van der Waals surface area contributed by atoms with E-state index in [4.69, 9.17) is 16.3 Å². The van der Waals surface area contributed by atoms with Crippen molar-refractivity contribution >= 4 is 29.4 Å². The molecule has 24 heavy (non-hydrogen) atoms. The van der Waals surface area contributed by atoms with Crippen molar-refractivity contribution in [2.45, 2.75) is 13.0 Å². The van der Waals surface area contributed by atoms with Gasteiger partial charge in [0.05, 0.1) is 7.11 Å². The van der Waals surface area contributed by atoms with Gasteiger partial charge in [-0.15, -0.1) is 0 Å². The normalized spacial score (nSPS) is 11.0. The summed E-state index contributed by atoms with van der Waals surface area (Å²) in [5.41, 5.74) is 1.58. The molecule has 5 nitrogen and oxygen atoms in total. The molecule has 0 radical (unpaired) electrons. The minimum atomic E-state index is -0.840. The third-order valence-corrected chi connectivity index (χ3v) is 3.39. The number of rotatable bonds is 5. The second-order valence-corrected chi connectivity index (χ2v) is 5.33. The molecule has 0 spiro atoms. The lowest BCUT2D eigenvalue weighted by Gasteiger charge is -2.06. The zero-order valence-corrected chi connectivity index (χ0v) is 13.8. The fourth-order valence-electron chi connectivity index (χ4n) is 1.93. The molecule has 0 saturated carbocycles. The second-order valence-electron chi connectivity index (χ2n) is 4.89. The monoisotopic (exact) mass is 345 g/mol. The Bertz CT molecular complexity index is 726. The van der Waals surface area contributed by atoms with Crippen molar-refractivity contribution in [3.8, 4) is 0 Å². The second kappa shape index (κ2) is 8.84. The maximum absolute atomic E-state index is 11.9. The first kappa shape index (κ1) is 17.7. The van der Waals surface area contributed by atoms with Crippen molar-refractivity contribution < 1.29 is 19.1 Å². The molecular weight excluding hydrogens is 330 g/mol. The molecule has 0 saturated heterocycles. The van der Waals surface area contributed by atoms with Crippen molar-refractivity contribution in [3.63, 3.8) is 0 Å². The molecule has 0 heterocycles. The van der Waals surface area contributed by atoms with Crippen LogP contribution in [-0.4, -0.2) is 24.9 Å². The molecule has 0 atom stereocenters. The molecule has 0 aliphatic heterocycles. The van der Waals surface area contributed by atoms with Crippen LogP contribution in [0.2, 0.25) is 5.02 Å². The predicted octanol–water partition coefficient (Wildman–Crippen LogP) is 3.83. The van der Waals surface area contributed by atoms with E-state index in [-0.39, 0.29) is 18.7 Å². The van der Waals surface area contributed by atoms with Crippen LogP contribution in [0.25, 0.3) is 0 Å². The number of halogens is 1. The Morgan fingerprint density at radius 2 is 1.67 bits per heavy atom. The molecule has 1 amide bonds. The number of carbonyl (C=O) groups is 2. The van der Waals surface area contributed by atoms with E-state index in [0.717, 1.165) is 11.1 Å². The number of aliphatic imine (C=N–C) groups is 1. The van der Waals surface area contributed by atoms with Crippen molar-refractivity contribution in [2.75, 3.05) is 7.11 Å². The number of methoxy groups -OCH3 is 1. The summed E-state index contributed by atoms with van der Waals surface area (Å²) in [7, 11) is 1.23. The molecule has 0 aliphatic carbocycles. The molecule has 2 rings (SSSR count). The topological polar surface area (TPSA) is 65.0 Å². The van der Waals surface area contributed by atoms with Gasteiger partial charge in [-0.3, -0.25) is 0 Å². The van der Waals surface area contributed by atoms with Gasteiger partial charge < -0.3 is 9.47 Å². The van der Waals surface area contributed by atoms with Gasteiger partial charge in [-0.2, -0.15) is 4.99 Å². The van der Waals surface area contributed by atoms with E-state index in [1.54, 1.807) is 24.3 Å². The van der Waals surface area contributed by atoms with E-state index >= 15 is 0 Å². The van der Waals surface area contributed by atoms with Crippen LogP contribution in [0.5, 0.6) is 0 Å². The summed E-state index contributed by atoms with van der Waals surface area (Å²) in [5.74, 6) is -0.679. The van der Waals surface area contributed by atoms with Gasteiger partial charge in [0.1, 0.15) is 12.3 Å². The van der Waals surface area contributed by atoms with E-state index in [0.29, 0.717) is 5.02 Å². The lowest BCUT2D eigenvalue weighted by molar-refractivity contribution is -0.132. The summed E-state index contributed by atoms with van der Waals surface area (Å²) >= 11 is 5.83. The summed E-state index contributed by atoms with van der Waals surface area (Å²) in [6.07, 6.45) is -0.696. The molecule has 0 N–H and O–H groups in total. The summed E-state index contributed by atoms with van der Waals surface area (Å²) in [5, 5.41) is 0.581. The van der Waals surface area contributed by atoms with Gasteiger partial charge in [-0.05, 0) is 23.3 Å². The van der Waals surface area contributed by atoms with Crippen LogP contribution in [0.15, 0.2) is 59.6 Å². The van der Waals surface area contributed by atoms with E-state index in [2.05, 4.69) is 9.73 Å². The number of hydrogen-bond acceptors (Lipinski definition) is 4.